The molecule has 1 aliphatic heterocycles. The minimum atomic E-state index is -3.61. The minimum absolute atomic E-state index is 0.154. The van der Waals surface area contributed by atoms with Gasteiger partial charge in [0.25, 0.3) is 0 Å². The number of sulfonamides is 1. The van der Waals surface area contributed by atoms with Crippen molar-refractivity contribution >= 4 is 22.0 Å². The first-order valence-corrected chi connectivity index (χ1v) is 11.0. The lowest BCUT2D eigenvalue weighted by molar-refractivity contribution is -0.117. The Hall–Kier alpha value is -1.86. The van der Waals surface area contributed by atoms with Gasteiger partial charge in [-0.2, -0.15) is 4.31 Å². The first-order chi connectivity index (χ1) is 12.9. The number of benzene rings is 1. The van der Waals surface area contributed by atoms with Gasteiger partial charge in [-0.05, 0) is 62.3 Å². The van der Waals surface area contributed by atoms with E-state index in [0.29, 0.717) is 30.3 Å². The van der Waals surface area contributed by atoms with Gasteiger partial charge in [0.05, 0.1) is 7.11 Å². The molecule has 0 bridgehead atoms. The molecule has 0 radical (unpaired) electrons. The van der Waals surface area contributed by atoms with Crippen LogP contribution in [0.2, 0.25) is 0 Å². The molecule has 1 aromatic rings. The summed E-state index contributed by atoms with van der Waals surface area (Å²) in [6.45, 7) is 3.08. The fourth-order valence-corrected chi connectivity index (χ4v) is 5.11. The molecule has 1 N–H and O–H groups in total. The second-order valence-corrected chi connectivity index (χ2v) is 9.25. The molecule has 2 fully saturated rings. The van der Waals surface area contributed by atoms with E-state index in [2.05, 4.69) is 5.32 Å². The van der Waals surface area contributed by atoms with Crippen LogP contribution in [0.15, 0.2) is 29.2 Å². The number of methoxy groups -OCH3 is 1. The molecule has 0 spiro atoms. The lowest BCUT2D eigenvalue weighted by atomic mass is 10.2. The second-order valence-electron chi connectivity index (χ2n) is 7.34. The summed E-state index contributed by atoms with van der Waals surface area (Å²) in [7, 11) is -2.15. The van der Waals surface area contributed by atoms with E-state index in [0.717, 1.165) is 19.3 Å². The highest BCUT2D eigenvalue weighted by atomic mass is 32.2. The van der Waals surface area contributed by atoms with Crippen molar-refractivity contribution in [2.45, 2.75) is 50.0 Å². The zero-order valence-corrected chi connectivity index (χ0v) is 16.8. The molecule has 1 saturated heterocycles. The van der Waals surface area contributed by atoms with E-state index in [1.54, 1.807) is 24.3 Å². The molecule has 7 heteroatoms. The van der Waals surface area contributed by atoms with E-state index < -0.39 is 10.0 Å². The number of nitrogens with zero attached hydrogens (tertiary/aromatic N) is 1. The fourth-order valence-electron chi connectivity index (χ4n) is 3.40. The van der Waals surface area contributed by atoms with Gasteiger partial charge in [-0.25, -0.2) is 8.42 Å². The molecule has 1 amide bonds. The van der Waals surface area contributed by atoms with Crippen LogP contribution in [0.3, 0.4) is 0 Å². The number of nitrogens with one attached hydrogen (secondary N) is 1. The van der Waals surface area contributed by atoms with Gasteiger partial charge in [0.15, 0.2) is 0 Å². The van der Waals surface area contributed by atoms with Crippen molar-refractivity contribution in [3.63, 3.8) is 0 Å². The van der Waals surface area contributed by atoms with Gasteiger partial charge >= 0.3 is 0 Å². The van der Waals surface area contributed by atoms with Gasteiger partial charge in [-0.15, -0.1) is 0 Å². The Morgan fingerprint density at radius 1 is 1.26 bits per heavy atom. The lowest BCUT2D eigenvalue weighted by Crippen LogP contribution is -2.35. The second kappa shape index (κ2) is 8.44. The summed E-state index contributed by atoms with van der Waals surface area (Å²) < 4.78 is 32.9. The van der Waals surface area contributed by atoms with Crippen molar-refractivity contribution in [1.82, 2.24) is 9.62 Å². The van der Waals surface area contributed by atoms with Crippen molar-refractivity contribution in [3.8, 4) is 5.75 Å². The summed E-state index contributed by atoms with van der Waals surface area (Å²) in [5.41, 5.74) is 0.653. The van der Waals surface area contributed by atoms with Gasteiger partial charge in [-0.3, -0.25) is 4.79 Å². The molecular formula is C20H28N2O4S. The Bertz CT molecular complexity index is 809. The first kappa shape index (κ1) is 19.9. The summed E-state index contributed by atoms with van der Waals surface area (Å²) in [4.78, 5) is 12.2. The molecule has 1 heterocycles. The summed E-state index contributed by atoms with van der Waals surface area (Å²) >= 11 is 0. The summed E-state index contributed by atoms with van der Waals surface area (Å²) in [6, 6.07) is 5.15. The SMILES string of the molecule is COc1ccc(/C=C/C(=O)NC(C)C2CC2)cc1S(=O)(=O)N1CCCCC1. The number of ether oxygens (including phenoxy) is 1. The van der Waals surface area contributed by atoms with Crippen LogP contribution in [0, 0.1) is 5.92 Å². The number of carbonyl (C=O) groups is 1. The van der Waals surface area contributed by atoms with E-state index >= 15 is 0 Å². The van der Waals surface area contributed by atoms with Crippen molar-refractivity contribution in [1.29, 1.82) is 0 Å². The van der Waals surface area contributed by atoms with Gasteiger partial charge in [0, 0.05) is 25.2 Å². The Labute approximate surface area is 161 Å². The average Bonchev–Trinajstić information content (AvgIpc) is 3.52. The zero-order valence-electron chi connectivity index (χ0n) is 16.0. The smallest absolute Gasteiger partial charge is 0.246 e. The maximum atomic E-state index is 13.0. The third kappa shape index (κ3) is 4.90. The lowest BCUT2D eigenvalue weighted by Gasteiger charge is -2.26. The highest BCUT2D eigenvalue weighted by molar-refractivity contribution is 7.89. The summed E-state index contributed by atoms with van der Waals surface area (Å²) in [5, 5.41) is 2.95. The van der Waals surface area contributed by atoms with Crippen LogP contribution in [0.1, 0.15) is 44.6 Å². The van der Waals surface area contributed by atoms with E-state index in [-0.39, 0.29) is 16.8 Å². The number of carbonyl (C=O) groups excluding carboxylic acids is 1. The number of rotatable bonds is 7. The highest BCUT2D eigenvalue weighted by Crippen LogP contribution is 2.32. The molecule has 1 atom stereocenters. The van der Waals surface area contributed by atoms with E-state index in [1.165, 1.54) is 30.3 Å². The van der Waals surface area contributed by atoms with Gasteiger partial charge in [0.1, 0.15) is 10.6 Å². The predicted molar refractivity (Wildman–Crippen MR) is 105 cm³/mol. The molecule has 6 nitrogen and oxygen atoms in total. The number of piperidine rings is 1. The topological polar surface area (TPSA) is 75.7 Å². The zero-order chi connectivity index (χ0) is 19.4. The Morgan fingerprint density at radius 2 is 1.96 bits per heavy atom. The molecular weight excluding hydrogens is 364 g/mol. The Morgan fingerprint density at radius 3 is 2.59 bits per heavy atom. The summed E-state index contributed by atoms with van der Waals surface area (Å²) in [6.07, 6.45) is 8.24. The standard InChI is InChI=1S/C20H28N2O4S/c1-15(17-8-9-17)21-20(23)11-7-16-6-10-18(26-2)19(14-16)27(24,25)22-12-4-3-5-13-22/h6-7,10-11,14-15,17H,3-5,8-9,12-13H2,1-2H3,(H,21,23)/b11-7+. The molecule has 1 saturated carbocycles. The van der Waals surface area contributed by atoms with E-state index in [4.69, 9.17) is 4.74 Å². The Balaban J connectivity index is 1.78. The normalized spacial score (nSPS) is 19.8. The average molecular weight is 393 g/mol. The molecule has 0 aromatic heterocycles. The van der Waals surface area contributed by atoms with Gasteiger partial charge in [0.2, 0.25) is 15.9 Å². The van der Waals surface area contributed by atoms with Crippen LogP contribution < -0.4 is 10.1 Å². The van der Waals surface area contributed by atoms with E-state index in [1.807, 2.05) is 6.92 Å². The predicted octanol–water partition coefficient (Wildman–Crippen LogP) is 2.80. The van der Waals surface area contributed by atoms with E-state index in [9.17, 15) is 13.2 Å². The van der Waals surface area contributed by atoms with Crippen molar-refractivity contribution in [2.75, 3.05) is 20.2 Å². The quantitative estimate of drug-likeness (QED) is 0.724. The maximum absolute atomic E-state index is 13.0. The number of hydrogen-bond acceptors (Lipinski definition) is 4. The largest absolute Gasteiger partial charge is 0.495 e. The third-order valence-electron chi connectivity index (χ3n) is 5.25. The molecule has 148 valence electrons. The van der Waals surface area contributed by atoms with Gasteiger partial charge < -0.3 is 10.1 Å². The highest BCUT2D eigenvalue weighted by Gasteiger charge is 2.29. The van der Waals surface area contributed by atoms with Crippen LogP contribution in [0.25, 0.3) is 6.08 Å². The van der Waals surface area contributed by atoms with Crippen LogP contribution >= 0.6 is 0 Å². The Kier molecular flexibility index (Phi) is 6.22. The van der Waals surface area contributed by atoms with Crippen LogP contribution in [0.5, 0.6) is 5.75 Å². The van der Waals surface area contributed by atoms with Crippen molar-refractivity contribution in [3.05, 3.63) is 29.8 Å². The third-order valence-corrected chi connectivity index (χ3v) is 7.17. The molecule has 1 aliphatic carbocycles. The first-order valence-electron chi connectivity index (χ1n) is 9.58. The molecule has 1 aromatic carbocycles. The monoisotopic (exact) mass is 392 g/mol. The number of amides is 1. The molecule has 2 aliphatic rings. The number of hydrogen-bond donors (Lipinski definition) is 1. The molecule has 27 heavy (non-hydrogen) atoms. The van der Waals surface area contributed by atoms with Crippen molar-refractivity contribution < 1.29 is 17.9 Å². The van der Waals surface area contributed by atoms with Crippen LogP contribution in [-0.4, -0.2) is 44.9 Å². The fraction of sp³-hybridized carbons (Fsp3) is 0.550. The summed E-state index contributed by atoms with van der Waals surface area (Å²) in [5.74, 6) is 0.750. The van der Waals surface area contributed by atoms with Crippen LogP contribution in [0.4, 0.5) is 0 Å². The van der Waals surface area contributed by atoms with Gasteiger partial charge in [-0.1, -0.05) is 12.5 Å². The van der Waals surface area contributed by atoms with Crippen molar-refractivity contribution in [2.24, 2.45) is 5.92 Å². The molecule has 1 unspecified atom stereocenters. The minimum Gasteiger partial charge on any atom is -0.495 e. The maximum Gasteiger partial charge on any atom is 0.246 e. The van der Waals surface area contributed by atoms with Crippen LogP contribution in [-0.2, 0) is 14.8 Å². The molecule has 3 rings (SSSR count).